The Hall–Kier alpha value is -2.17. The standard InChI is InChI=1S/C16H20N4O/c1-12(2)14-9-15(19-11-18-14)20-8-6-13(10-20)21-16-5-3-4-7-17-16/h3-5,7,9,11-13H,6,8,10H2,1-2H3. The highest BCUT2D eigenvalue weighted by molar-refractivity contribution is 5.41. The minimum absolute atomic E-state index is 0.164. The first-order valence-corrected chi connectivity index (χ1v) is 7.37. The number of ether oxygens (including phenoxy) is 1. The zero-order valence-electron chi connectivity index (χ0n) is 12.4. The molecule has 1 atom stereocenters. The van der Waals surface area contributed by atoms with Crippen molar-refractivity contribution < 1.29 is 4.74 Å². The molecule has 2 aromatic heterocycles. The summed E-state index contributed by atoms with van der Waals surface area (Å²) in [6.45, 7) is 6.07. The Morgan fingerprint density at radius 3 is 2.90 bits per heavy atom. The van der Waals surface area contributed by atoms with Crippen molar-refractivity contribution in [1.82, 2.24) is 15.0 Å². The fourth-order valence-corrected chi connectivity index (χ4v) is 2.47. The Balaban J connectivity index is 1.65. The van der Waals surface area contributed by atoms with Gasteiger partial charge in [0.15, 0.2) is 0 Å². The molecule has 3 rings (SSSR count). The second-order valence-corrected chi connectivity index (χ2v) is 5.60. The third kappa shape index (κ3) is 3.29. The molecule has 0 aliphatic carbocycles. The highest BCUT2D eigenvalue weighted by Crippen LogP contribution is 2.23. The van der Waals surface area contributed by atoms with E-state index in [9.17, 15) is 0 Å². The fourth-order valence-electron chi connectivity index (χ4n) is 2.47. The predicted octanol–water partition coefficient (Wildman–Crippen LogP) is 2.65. The number of hydrogen-bond acceptors (Lipinski definition) is 5. The summed E-state index contributed by atoms with van der Waals surface area (Å²) in [5.41, 5.74) is 1.08. The van der Waals surface area contributed by atoms with Crippen LogP contribution in [0.1, 0.15) is 31.9 Å². The summed E-state index contributed by atoms with van der Waals surface area (Å²) < 4.78 is 5.91. The maximum Gasteiger partial charge on any atom is 0.213 e. The van der Waals surface area contributed by atoms with Crippen molar-refractivity contribution in [3.63, 3.8) is 0 Å². The largest absolute Gasteiger partial charge is 0.472 e. The van der Waals surface area contributed by atoms with Gasteiger partial charge in [-0.25, -0.2) is 15.0 Å². The first-order valence-electron chi connectivity index (χ1n) is 7.37. The molecule has 0 saturated carbocycles. The summed E-state index contributed by atoms with van der Waals surface area (Å²) in [6, 6.07) is 7.80. The molecule has 1 aliphatic rings. The van der Waals surface area contributed by atoms with Gasteiger partial charge in [0, 0.05) is 37.0 Å². The molecule has 1 fully saturated rings. The van der Waals surface area contributed by atoms with Crippen LogP contribution in [0, 0.1) is 0 Å². The quantitative estimate of drug-likeness (QED) is 0.864. The van der Waals surface area contributed by atoms with E-state index in [1.165, 1.54) is 0 Å². The summed E-state index contributed by atoms with van der Waals surface area (Å²) >= 11 is 0. The van der Waals surface area contributed by atoms with Gasteiger partial charge in [0.2, 0.25) is 5.88 Å². The number of aromatic nitrogens is 3. The van der Waals surface area contributed by atoms with Gasteiger partial charge >= 0.3 is 0 Å². The van der Waals surface area contributed by atoms with Gasteiger partial charge in [-0.05, 0) is 12.0 Å². The number of nitrogens with zero attached hydrogens (tertiary/aromatic N) is 4. The molecule has 1 unspecified atom stereocenters. The van der Waals surface area contributed by atoms with E-state index in [0.717, 1.165) is 31.0 Å². The highest BCUT2D eigenvalue weighted by Gasteiger charge is 2.25. The third-order valence-electron chi connectivity index (χ3n) is 3.66. The van der Waals surface area contributed by atoms with Crippen molar-refractivity contribution in [1.29, 1.82) is 0 Å². The van der Waals surface area contributed by atoms with E-state index >= 15 is 0 Å². The molecule has 5 nitrogen and oxygen atoms in total. The molecule has 2 aromatic rings. The lowest BCUT2D eigenvalue weighted by molar-refractivity contribution is 0.216. The van der Waals surface area contributed by atoms with Crippen molar-refractivity contribution in [3.05, 3.63) is 42.5 Å². The maximum atomic E-state index is 5.91. The number of pyridine rings is 1. The monoisotopic (exact) mass is 284 g/mol. The van der Waals surface area contributed by atoms with Gasteiger partial charge in [0.1, 0.15) is 18.2 Å². The maximum absolute atomic E-state index is 5.91. The molecule has 0 amide bonds. The summed E-state index contributed by atoms with van der Waals surface area (Å²) in [4.78, 5) is 15.2. The number of rotatable bonds is 4. The van der Waals surface area contributed by atoms with Gasteiger partial charge < -0.3 is 9.64 Å². The number of hydrogen-bond donors (Lipinski definition) is 0. The first-order chi connectivity index (χ1) is 10.2. The summed E-state index contributed by atoms with van der Waals surface area (Å²) in [7, 11) is 0. The van der Waals surface area contributed by atoms with Crippen LogP contribution in [0.2, 0.25) is 0 Å². The molecule has 3 heterocycles. The Bertz CT molecular complexity index is 588. The molecule has 0 radical (unpaired) electrons. The van der Waals surface area contributed by atoms with Crippen LogP contribution in [0.15, 0.2) is 36.8 Å². The second kappa shape index (κ2) is 6.08. The Kier molecular flexibility index (Phi) is 3.99. The van der Waals surface area contributed by atoms with Crippen LogP contribution in [-0.2, 0) is 0 Å². The van der Waals surface area contributed by atoms with Gasteiger partial charge in [0.25, 0.3) is 0 Å². The van der Waals surface area contributed by atoms with Gasteiger partial charge in [-0.1, -0.05) is 19.9 Å². The normalized spacial score (nSPS) is 18.2. The minimum atomic E-state index is 0.164. The van der Waals surface area contributed by atoms with E-state index in [0.29, 0.717) is 11.8 Å². The van der Waals surface area contributed by atoms with Crippen molar-refractivity contribution in [2.24, 2.45) is 0 Å². The zero-order valence-corrected chi connectivity index (χ0v) is 12.4. The predicted molar refractivity (Wildman–Crippen MR) is 81.6 cm³/mol. The van der Waals surface area contributed by atoms with E-state index < -0.39 is 0 Å². The van der Waals surface area contributed by atoms with Crippen LogP contribution in [0.5, 0.6) is 5.88 Å². The molecule has 0 bridgehead atoms. The van der Waals surface area contributed by atoms with Crippen molar-refractivity contribution in [2.45, 2.75) is 32.3 Å². The second-order valence-electron chi connectivity index (χ2n) is 5.60. The topological polar surface area (TPSA) is 51.1 Å². The van der Waals surface area contributed by atoms with E-state index in [-0.39, 0.29) is 6.10 Å². The summed E-state index contributed by atoms with van der Waals surface area (Å²) in [5, 5.41) is 0. The van der Waals surface area contributed by atoms with Crippen molar-refractivity contribution in [3.8, 4) is 5.88 Å². The molecule has 0 aromatic carbocycles. The van der Waals surface area contributed by atoms with E-state index in [1.807, 2.05) is 18.2 Å². The Morgan fingerprint density at radius 2 is 2.14 bits per heavy atom. The highest BCUT2D eigenvalue weighted by atomic mass is 16.5. The van der Waals surface area contributed by atoms with E-state index in [2.05, 4.69) is 39.8 Å². The van der Waals surface area contributed by atoms with Crippen LogP contribution >= 0.6 is 0 Å². The molecule has 1 aliphatic heterocycles. The Labute approximate surface area is 125 Å². The van der Waals surface area contributed by atoms with E-state index in [4.69, 9.17) is 4.74 Å². The lowest BCUT2D eigenvalue weighted by atomic mass is 10.1. The molecular weight excluding hydrogens is 264 g/mol. The average Bonchev–Trinajstić information content (AvgIpc) is 2.97. The fraction of sp³-hybridized carbons (Fsp3) is 0.438. The summed E-state index contributed by atoms with van der Waals surface area (Å²) in [6.07, 6.45) is 4.55. The number of anilines is 1. The van der Waals surface area contributed by atoms with Crippen molar-refractivity contribution >= 4 is 5.82 Å². The first kappa shape index (κ1) is 13.8. The molecular formula is C16H20N4O. The van der Waals surface area contributed by atoms with Crippen LogP contribution in [-0.4, -0.2) is 34.1 Å². The lowest BCUT2D eigenvalue weighted by Gasteiger charge is -2.18. The summed E-state index contributed by atoms with van der Waals surface area (Å²) in [5.74, 6) is 2.09. The third-order valence-corrected chi connectivity index (χ3v) is 3.66. The lowest BCUT2D eigenvalue weighted by Crippen LogP contribution is -2.25. The molecule has 21 heavy (non-hydrogen) atoms. The molecule has 110 valence electrons. The van der Waals surface area contributed by atoms with Crippen LogP contribution in [0.25, 0.3) is 0 Å². The van der Waals surface area contributed by atoms with Crippen LogP contribution in [0.3, 0.4) is 0 Å². The zero-order chi connectivity index (χ0) is 14.7. The van der Waals surface area contributed by atoms with Crippen molar-refractivity contribution in [2.75, 3.05) is 18.0 Å². The van der Waals surface area contributed by atoms with Gasteiger partial charge in [-0.15, -0.1) is 0 Å². The van der Waals surface area contributed by atoms with Gasteiger partial charge in [0.05, 0.1) is 6.54 Å². The van der Waals surface area contributed by atoms with E-state index in [1.54, 1.807) is 12.5 Å². The average molecular weight is 284 g/mol. The van der Waals surface area contributed by atoms with Gasteiger partial charge in [-0.2, -0.15) is 0 Å². The molecule has 1 saturated heterocycles. The van der Waals surface area contributed by atoms with Crippen LogP contribution in [0.4, 0.5) is 5.82 Å². The molecule has 0 N–H and O–H groups in total. The van der Waals surface area contributed by atoms with Crippen LogP contribution < -0.4 is 9.64 Å². The molecule has 0 spiro atoms. The minimum Gasteiger partial charge on any atom is -0.472 e. The Morgan fingerprint density at radius 1 is 1.24 bits per heavy atom. The smallest absolute Gasteiger partial charge is 0.213 e. The molecule has 5 heteroatoms. The SMILES string of the molecule is CC(C)c1cc(N2CCC(Oc3ccccn3)C2)ncn1. The van der Waals surface area contributed by atoms with Gasteiger partial charge in [-0.3, -0.25) is 0 Å².